The molecule has 0 fully saturated rings. The quantitative estimate of drug-likeness (QED) is 0.278. The SMILES string of the molecule is CC(C)(C)c1ccc(-c2ccc(C=NNc3nc(-c4ccccc4)cs3)cc2)cc1. The van der Waals surface area contributed by atoms with E-state index in [9.17, 15) is 0 Å². The number of nitrogens with zero attached hydrogens (tertiary/aromatic N) is 2. The van der Waals surface area contributed by atoms with Crippen LogP contribution in [0.5, 0.6) is 0 Å². The summed E-state index contributed by atoms with van der Waals surface area (Å²) in [4.78, 5) is 4.58. The molecule has 1 aromatic heterocycles. The Balaban J connectivity index is 1.39. The summed E-state index contributed by atoms with van der Waals surface area (Å²) < 4.78 is 0. The lowest BCUT2D eigenvalue weighted by atomic mass is 9.86. The van der Waals surface area contributed by atoms with E-state index in [0.29, 0.717) is 0 Å². The number of hydrogen-bond donors (Lipinski definition) is 1. The lowest BCUT2D eigenvalue weighted by Crippen LogP contribution is -2.10. The fraction of sp³-hybridized carbons (Fsp3) is 0.154. The Morgan fingerprint density at radius 2 is 1.43 bits per heavy atom. The van der Waals surface area contributed by atoms with Crippen LogP contribution in [0.1, 0.15) is 31.9 Å². The Hall–Kier alpha value is -3.24. The minimum Gasteiger partial charge on any atom is -0.253 e. The first-order chi connectivity index (χ1) is 14.5. The number of benzene rings is 3. The third kappa shape index (κ3) is 4.84. The van der Waals surface area contributed by atoms with Crippen LogP contribution >= 0.6 is 11.3 Å². The molecule has 0 amide bonds. The number of hydrogen-bond acceptors (Lipinski definition) is 4. The summed E-state index contributed by atoms with van der Waals surface area (Å²) in [6.07, 6.45) is 1.82. The highest BCUT2D eigenvalue weighted by atomic mass is 32.1. The van der Waals surface area contributed by atoms with Crippen molar-refractivity contribution in [2.45, 2.75) is 26.2 Å². The van der Waals surface area contributed by atoms with Gasteiger partial charge in [-0.1, -0.05) is 99.6 Å². The third-order valence-electron chi connectivity index (χ3n) is 4.94. The first-order valence-corrected chi connectivity index (χ1v) is 10.9. The molecule has 0 aliphatic carbocycles. The molecular weight excluding hydrogens is 386 g/mol. The van der Waals surface area contributed by atoms with E-state index in [1.54, 1.807) is 11.3 Å². The number of rotatable bonds is 5. The minimum atomic E-state index is 0.172. The van der Waals surface area contributed by atoms with Crippen molar-refractivity contribution >= 4 is 22.7 Å². The first kappa shape index (κ1) is 20.0. The number of anilines is 1. The van der Waals surface area contributed by atoms with Crippen LogP contribution in [-0.4, -0.2) is 11.2 Å². The second-order valence-electron chi connectivity index (χ2n) is 8.22. The van der Waals surface area contributed by atoms with Gasteiger partial charge in [0.1, 0.15) is 0 Å². The standard InChI is InChI=1S/C26H25N3S/c1-26(2,3)23-15-13-21(14-16-23)20-11-9-19(10-12-20)17-27-29-25-28-24(18-30-25)22-7-5-4-6-8-22/h4-18H,1-3H3,(H,28,29). The zero-order chi connectivity index (χ0) is 21.0. The van der Waals surface area contributed by atoms with Gasteiger partial charge in [-0.05, 0) is 27.7 Å². The van der Waals surface area contributed by atoms with Gasteiger partial charge in [0.2, 0.25) is 5.13 Å². The lowest BCUT2D eigenvalue weighted by molar-refractivity contribution is 0.590. The Labute approximate surface area is 182 Å². The molecule has 0 unspecified atom stereocenters. The highest BCUT2D eigenvalue weighted by Gasteiger charge is 2.13. The average molecular weight is 412 g/mol. The van der Waals surface area contributed by atoms with Crippen LogP contribution in [-0.2, 0) is 5.41 Å². The van der Waals surface area contributed by atoms with Crippen LogP contribution < -0.4 is 5.43 Å². The van der Waals surface area contributed by atoms with E-state index in [0.717, 1.165) is 22.0 Å². The van der Waals surface area contributed by atoms with Gasteiger partial charge in [0.25, 0.3) is 0 Å². The molecule has 4 aromatic rings. The van der Waals surface area contributed by atoms with Crippen LogP contribution in [0.15, 0.2) is 89.3 Å². The fourth-order valence-electron chi connectivity index (χ4n) is 3.15. The number of nitrogens with one attached hydrogen (secondary N) is 1. The van der Waals surface area contributed by atoms with E-state index in [1.807, 2.05) is 29.8 Å². The van der Waals surface area contributed by atoms with Crippen molar-refractivity contribution < 1.29 is 0 Å². The van der Waals surface area contributed by atoms with Crippen LogP contribution in [0.2, 0.25) is 0 Å². The summed E-state index contributed by atoms with van der Waals surface area (Å²) in [5.74, 6) is 0. The molecular formula is C26H25N3S. The second kappa shape index (κ2) is 8.64. The summed E-state index contributed by atoms with van der Waals surface area (Å²) >= 11 is 1.55. The largest absolute Gasteiger partial charge is 0.253 e. The van der Waals surface area contributed by atoms with Gasteiger partial charge in [-0.15, -0.1) is 11.3 Å². The van der Waals surface area contributed by atoms with Gasteiger partial charge in [0.05, 0.1) is 11.9 Å². The van der Waals surface area contributed by atoms with E-state index < -0.39 is 0 Å². The van der Waals surface area contributed by atoms with Gasteiger partial charge in [-0.3, -0.25) is 5.43 Å². The summed E-state index contributed by atoms with van der Waals surface area (Å²) in [6, 6.07) is 27.4. The Bertz CT molecular complexity index is 1120. The lowest BCUT2D eigenvalue weighted by Gasteiger charge is -2.19. The molecule has 0 aliphatic heterocycles. The van der Waals surface area contributed by atoms with Crippen molar-refractivity contribution in [1.29, 1.82) is 0 Å². The number of aromatic nitrogens is 1. The highest BCUT2D eigenvalue weighted by molar-refractivity contribution is 7.14. The average Bonchev–Trinajstić information content (AvgIpc) is 3.23. The predicted octanol–water partition coefficient (Wildman–Crippen LogP) is 7.22. The number of thiazole rings is 1. The van der Waals surface area contributed by atoms with Crippen molar-refractivity contribution in [3.8, 4) is 22.4 Å². The zero-order valence-corrected chi connectivity index (χ0v) is 18.3. The van der Waals surface area contributed by atoms with Gasteiger partial charge in [0, 0.05) is 10.9 Å². The van der Waals surface area contributed by atoms with Gasteiger partial charge in [-0.2, -0.15) is 5.10 Å². The molecule has 0 spiro atoms. The molecule has 30 heavy (non-hydrogen) atoms. The predicted molar refractivity (Wildman–Crippen MR) is 129 cm³/mol. The van der Waals surface area contributed by atoms with Crippen molar-refractivity contribution in [3.63, 3.8) is 0 Å². The number of hydrazone groups is 1. The smallest absolute Gasteiger partial charge is 0.203 e. The van der Waals surface area contributed by atoms with Gasteiger partial charge in [0.15, 0.2) is 0 Å². The maximum atomic E-state index is 4.58. The zero-order valence-electron chi connectivity index (χ0n) is 17.5. The second-order valence-corrected chi connectivity index (χ2v) is 9.08. The molecule has 4 rings (SSSR count). The summed E-state index contributed by atoms with van der Waals surface area (Å²) in [7, 11) is 0. The molecule has 0 radical (unpaired) electrons. The molecule has 0 bridgehead atoms. The van der Waals surface area contributed by atoms with E-state index in [2.05, 4.69) is 96.9 Å². The topological polar surface area (TPSA) is 37.3 Å². The van der Waals surface area contributed by atoms with Gasteiger partial charge >= 0.3 is 0 Å². The molecule has 1 heterocycles. The van der Waals surface area contributed by atoms with E-state index in [-0.39, 0.29) is 5.41 Å². The van der Waals surface area contributed by atoms with Gasteiger partial charge < -0.3 is 0 Å². The molecule has 0 saturated carbocycles. The van der Waals surface area contributed by atoms with E-state index in [4.69, 9.17) is 0 Å². The monoisotopic (exact) mass is 411 g/mol. The van der Waals surface area contributed by atoms with E-state index in [1.165, 1.54) is 16.7 Å². The summed E-state index contributed by atoms with van der Waals surface area (Å²) in [5, 5.41) is 7.15. The van der Waals surface area contributed by atoms with Crippen molar-refractivity contribution in [2.75, 3.05) is 5.43 Å². The van der Waals surface area contributed by atoms with Crippen molar-refractivity contribution in [3.05, 3.63) is 95.4 Å². The molecule has 0 atom stereocenters. The van der Waals surface area contributed by atoms with Crippen LogP contribution in [0.4, 0.5) is 5.13 Å². The van der Waals surface area contributed by atoms with E-state index >= 15 is 0 Å². The van der Waals surface area contributed by atoms with Crippen LogP contribution in [0.3, 0.4) is 0 Å². The Morgan fingerprint density at radius 1 is 0.800 bits per heavy atom. The van der Waals surface area contributed by atoms with Crippen LogP contribution in [0.25, 0.3) is 22.4 Å². The van der Waals surface area contributed by atoms with Crippen molar-refractivity contribution in [2.24, 2.45) is 5.10 Å². The Kier molecular flexibility index (Phi) is 5.77. The third-order valence-corrected chi connectivity index (χ3v) is 5.69. The summed E-state index contributed by atoms with van der Waals surface area (Å²) in [6.45, 7) is 6.70. The Morgan fingerprint density at radius 3 is 2.07 bits per heavy atom. The molecule has 3 aromatic carbocycles. The highest BCUT2D eigenvalue weighted by Crippen LogP contribution is 2.27. The van der Waals surface area contributed by atoms with Crippen molar-refractivity contribution in [1.82, 2.24) is 4.98 Å². The maximum Gasteiger partial charge on any atom is 0.203 e. The molecule has 3 nitrogen and oxygen atoms in total. The summed E-state index contributed by atoms with van der Waals surface area (Å²) in [5.41, 5.74) is 10.1. The first-order valence-electron chi connectivity index (χ1n) is 10.00. The molecule has 150 valence electrons. The fourth-order valence-corrected chi connectivity index (χ4v) is 3.82. The van der Waals surface area contributed by atoms with Crippen LogP contribution in [0, 0.1) is 0 Å². The normalized spacial score (nSPS) is 11.7. The minimum absolute atomic E-state index is 0.172. The molecule has 0 aliphatic rings. The molecule has 1 N–H and O–H groups in total. The molecule has 4 heteroatoms. The molecule has 0 saturated heterocycles. The maximum absolute atomic E-state index is 4.58. The van der Waals surface area contributed by atoms with Gasteiger partial charge in [-0.25, -0.2) is 4.98 Å².